The highest BCUT2D eigenvalue weighted by atomic mass is 32.2. The van der Waals surface area contributed by atoms with Crippen molar-refractivity contribution < 1.29 is 4.79 Å². The van der Waals surface area contributed by atoms with Crippen LogP contribution in [0.25, 0.3) is 0 Å². The molecule has 25 heavy (non-hydrogen) atoms. The number of rotatable bonds is 8. The fraction of sp³-hybridized carbons (Fsp3) is 0.632. The summed E-state index contributed by atoms with van der Waals surface area (Å²) in [7, 11) is 1.96. The first-order valence-corrected chi connectivity index (χ1v) is 9.92. The smallest absolute Gasteiger partial charge is 0.191 e. The minimum absolute atomic E-state index is 0.156. The Morgan fingerprint density at radius 3 is 2.44 bits per heavy atom. The van der Waals surface area contributed by atoms with Crippen LogP contribution in [-0.2, 0) is 13.6 Å². The van der Waals surface area contributed by atoms with E-state index in [9.17, 15) is 4.79 Å². The zero-order chi connectivity index (χ0) is 18.7. The van der Waals surface area contributed by atoms with Crippen molar-refractivity contribution in [3.63, 3.8) is 0 Å². The number of hydrogen-bond donors (Lipinski definition) is 0. The third-order valence-corrected chi connectivity index (χ3v) is 5.54. The highest BCUT2D eigenvalue weighted by Crippen LogP contribution is 2.23. The third-order valence-electron chi connectivity index (χ3n) is 4.52. The Balaban J connectivity index is 2.07. The third kappa shape index (κ3) is 4.54. The first-order valence-electron chi connectivity index (χ1n) is 8.94. The van der Waals surface area contributed by atoms with Crippen molar-refractivity contribution in [2.45, 2.75) is 65.6 Å². The SMILES string of the molecule is Cc1cc(C(=O)CSc2nnc(C(C)C)n2C)c(C)n1CCC(C)C. The summed E-state index contributed by atoms with van der Waals surface area (Å²) in [6, 6.07) is 2.02. The molecule has 0 unspecified atom stereocenters. The maximum atomic E-state index is 12.7. The van der Waals surface area contributed by atoms with Crippen LogP contribution in [0.4, 0.5) is 0 Å². The zero-order valence-corrected chi connectivity index (χ0v) is 17.3. The van der Waals surface area contributed by atoms with Gasteiger partial charge in [0, 0.05) is 36.5 Å². The molecule has 0 N–H and O–H groups in total. The van der Waals surface area contributed by atoms with Gasteiger partial charge in [0.2, 0.25) is 0 Å². The topological polar surface area (TPSA) is 52.7 Å². The lowest BCUT2D eigenvalue weighted by molar-refractivity contribution is 0.102. The molecule has 6 heteroatoms. The first-order chi connectivity index (χ1) is 11.7. The van der Waals surface area contributed by atoms with Gasteiger partial charge in [-0.15, -0.1) is 10.2 Å². The maximum absolute atomic E-state index is 12.7. The quantitative estimate of drug-likeness (QED) is 0.516. The van der Waals surface area contributed by atoms with E-state index in [1.807, 2.05) is 24.6 Å². The van der Waals surface area contributed by atoms with Crippen LogP contribution in [-0.4, -0.2) is 30.9 Å². The largest absolute Gasteiger partial charge is 0.348 e. The summed E-state index contributed by atoms with van der Waals surface area (Å²) < 4.78 is 4.24. The summed E-state index contributed by atoms with van der Waals surface area (Å²) in [5.74, 6) is 2.47. The van der Waals surface area contributed by atoms with E-state index in [4.69, 9.17) is 0 Å². The minimum Gasteiger partial charge on any atom is -0.348 e. The number of hydrogen-bond acceptors (Lipinski definition) is 4. The van der Waals surface area contributed by atoms with Crippen LogP contribution in [0.15, 0.2) is 11.2 Å². The van der Waals surface area contributed by atoms with Crippen molar-refractivity contribution in [1.29, 1.82) is 0 Å². The van der Waals surface area contributed by atoms with Gasteiger partial charge in [0.15, 0.2) is 10.9 Å². The van der Waals surface area contributed by atoms with Crippen LogP contribution in [0.3, 0.4) is 0 Å². The molecule has 0 fully saturated rings. The van der Waals surface area contributed by atoms with Crippen molar-refractivity contribution in [2.75, 3.05) is 5.75 Å². The molecular formula is C19H30N4OS. The van der Waals surface area contributed by atoms with E-state index in [1.54, 1.807) is 0 Å². The number of nitrogens with zero attached hydrogens (tertiary/aromatic N) is 4. The van der Waals surface area contributed by atoms with Gasteiger partial charge in [0.25, 0.3) is 0 Å². The van der Waals surface area contributed by atoms with Crippen LogP contribution in [0.5, 0.6) is 0 Å². The molecule has 0 spiro atoms. The lowest BCUT2D eigenvalue weighted by atomic mass is 10.1. The molecule has 0 atom stereocenters. The molecule has 0 bridgehead atoms. The Morgan fingerprint density at radius 2 is 1.88 bits per heavy atom. The zero-order valence-electron chi connectivity index (χ0n) is 16.5. The molecule has 0 aliphatic heterocycles. The van der Waals surface area contributed by atoms with Crippen LogP contribution in [0.2, 0.25) is 0 Å². The monoisotopic (exact) mass is 362 g/mol. The van der Waals surface area contributed by atoms with Crippen LogP contribution in [0.1, 0.15) is 67.6 Å². The van der Waals surface area contributed by atoms with Crippen LogP contribution >= 0.6 is 11.8 Å². The minimum atomic E-state index is 0.156. The van der Waals surface area contributed by atoms with Crippen molar-refractivity contribution in [3.05, 3.63) is 28.8 Å². The van der Waals surface area contributed by atoms with E-state index in [0.29, 0.717) is 17.6 Å². The van der Waals surface area contributed by atoms with Gasteiger partial charge in [-0.1, -0.05) is 39.5 Å². The lowest BCUT2D eigenvalue weighted by Crippen LogP contribution is -2.08. The molecule has 0 aromatic carbocycles. The second-order valence-electron chi connectivity index (χ2n) is 7.39. The molecule has 5 nitrogen and oxygen atoms in total. The number of carbonyl (C=O) groups is 1. The molecule has 2 aromatic heterocycles. The Kier molecular flexibility index (Phi) is 6.49. The summed E-state index contributed by atoms with van der Waals surface area (Å²) in [4.78, 5) is 12.7. The van der Waals surface area contributed by atoms with Gasteiger partial charge < -0.3 is 9.13 Å². The van der Waals surface area contributed by atoms with E-state index < -0.39 is 0 Å². The molecule has 0 amide bonds. The van der Waals surface area contributed by atoms with Gasteiger partial charge in [-0.05, 0) is 32.3 Å². The molecule has 138 valence electrons. The van der Waals surface area contributed by atoms with Crippen LogP contribution < -0.4 is 0 Å². The molecule has 2 rings (SSSR count). The van der Waals surface area contributed by atoms with Crippen LogP contribution in [0, 0.1) is 19.8 Å². The highest BCUT2D eigenvalue weighted by Gasteiger charge is 2.18. The Labute approximate surface area is 155 Å². The summed E-state index contributed by atoms with van der Waals surface area (Å²) >= 11 is 1.46. The molecule has 0 aliphatic carbocycles. The number of Topliss-reactive ketones (excluding diaryl/α,β-unsaturated/α-hetero) is 1. The Bertz CT molecular complexity index is 743. The van der Waals surface area contributed by atoms with Crippen molar-refractivity contribution >= 4 is 17.5 Å². The van der Waals surface area contributed by atoms with Gasteiger partial charge in [-0.2, -0.15) is 0 Å². The highest BCUT2D eigenvalue weighted by molar-refractivity contribution is 7.99. The number of aryl methyl sites for hydroxylation is 1. The Morgan fingerprint density at radius 1 is 1.20 bits per heavy atom. The van der Waals surface area contributed by atoms with Crippen molar-refractivity contribution in [3.8, 4) is 0 Å². The van der Waals surface area contributed by atoms with Gasteiger partial charge in [0.1, 0.15) is 5.82 Å². The molecule has 0 saturated heterocycles. The first kappa shape index (κ1) is 19.8. The van der Waals surface area contributed by atoms with E-state index in [1.165, 1.54) is 11.8 Å². The van der Waals surface area contributed by atoms with Crippen molar-refractivity contribution in [2.24, 2.45) is 13.0 Å². The molecule has 2 aromatic rings. The van der Waals surface area contributed by atoms with E-state index in [2.05, 4.69) is 49.4 Å². The predicted octanol–water partition coefficient (Wildman–Crippen LogP) is 4.38. The van der Waals surface area contributed by atoms with E-state index in [0.717, 1.165) is 40.9 Å². The standard InChI is InChI=1S/C19H30N4OS/c1-12(2)8-9-23-14(5)10-16(15(23)6)17(24)11-25-19-21-20-18(13(3)4)22(19)7/h10,12-13H,8-9,11H2,1-7H3. The van der Waals surface area contributed by atoms with E-state index >= 15 is 0 Å². The van der Waals surface area contributed by atoms with Gasteiger partial charge in [0.05, 0.1) is 5.75 Å². The second-order valence-corrected chi connectivity index (χ2v) is 8.33. The average Bonchev–Trinajstić information content (AvgIpc) is 3.03. The number of ketones is 1. The second kappa shape index (κ2) is 8.21. The number of aromatic nitrogens is 4. The molecule has 2 heterocycles. The fourth-order valence-electron chi connectivity index (χ4n) is 2.98. The van der Waals surface area contributed by atoms with Crippen molar-refractivity contribution in [1.82, 2.24) is 19.3 Å². The van der Waals surface area contributed by atoms with Gasteiger partial charge in [-0.3, -0.25) is 4.79 Å². The summed E-state index contributed by atoms with van der Waals surface area (Å²) in [5, 5.41) is 9.23. The van der Waals surface area contributed by atoms with E-state index in [-0.39, 0.29) is 5.78 Å². The maximum Gasteiger partial charge on any atom is 0.191 e. The Hall–Kier alpha value is -1.56. The predicted molar refractivity (Wildman–Crippen MR) is 104 cm³/mol. The summed E-state index contributed by atoms with van der Waals surface area (Å²) in [6.45, 7) is 13.7. The molecule has 0 saturated carbocycles. The average molecular weight is 363 g/mol. The molecule has 0 aliphatic rings. The normalized spacial score (nSPS) is 11.7. The fourth-order valence-corrected chi connectivity index (χ4v) is 3.78. The lowest BCUT2D eigenvalue weighted by Gasteiger charge is -2.11. The summed E-state index contributed by atoms with van der Waals surface area (Å²) in [5.41, 5.74) is 3.07. The number of carbonyl (C=O) groups excluding carboxylic acids is 1. The number of thioether (sulfide) groups is 1. The molecular weight excluding hydrogens is 332 g/mol. The molecule has 0 radical (unpaired) electrons. The van der Waals surface area contributed by atoms with Gasteiger partial charge >= 0.3 is 0 Å². The summed E-state index contributed by atoms with van der Waals surface area (Å²) in [6.07, 6.45) is 1.12. The van der Waals surface area contributed by atoms with Gasteiger partial charge in [-0.25, -0.2) is 0 Å².